The maximum absolute atomic E-state index is 12.9. The van der Waals surface area contributed by atoms with E-state index in [2.05, 4.69) is 10.5 Å². The van der Waals surface area contributed by atoms with Crippen LogP contribution < -0.4 is 19.6 Å². The topological polar surface area (TPSA) is 112 Å². The Balaban J connectivity index is 1.77. The zero-order chi connectivity index (χ0) is 28.7. The van der Waals surface area contributed by atoms with E-state index in [-0.39, 0.29) is 21.4 Å². The Morgan fingerprint density at radius 2 is 1.62 bits per heavy atom. The van der Waals surface area contributed by atoms with E-state index in [4.69, 9.17) is 37.4 Å². The molecule has 0 aliphatic carbocycles. The van der Waals surface area contributed by atoms with Crippen LogP contribution >= 0.6 is 23.2 Å². The van der Waals surface area contributed by atoms with Gasteiger partial charge in [-0.15, -0.1) is 0 Å². The number of benzene rings is 3. The van der Waals surface area contributed by atoms with Crippen LogP contribution in [0.3, 0.4) is 0 Å². The molecule has 39 heavy (non-hydrogen) atoms. The fourth-order valence-corrected chi connectivity index (χ4v) is 3.79. The van der Waals surface area contributed by atoms with Crippen molar-refractivity contribution in [3.8, 4) is 23.0 Å². The first-order chi connectivity index (χ1) is 18.4. The highest BCUT2D eigenvalue weighted by Gasteiger charge is 2.33. The molecule has 0 aromatic heterocycles. The molecule has 0 aliphatic heterocycles. The van der Waals surface area contributed by atoms with Gasteiger partial charge in [-0.25, -0.2) is 5.43 Å². The minimum atomic E-state index is -4.78. The summed E-state index contributed by atoms with van der Waals surface area (Å²) in [5, 5.41) is 15.0. The van der Waals surface area contributed by atoms with Crippen LogP contribution in [0.25, 0.3) is 0 Å². The summed E-state index contributed by atoms with van der Waals surface area (Å²) < 4.78 is 55.2. The fourth-order valence-electron chi connectivity index (χ4n) is 3.21. The first-order valence-corrected chi connectivity index (χ1v) is 12.0. The third-order valence-corrected chi connectivity index (χ3v) is 5.46. The van der Waals surface area contributed by atoms with Crippen LogP contribution in [0.1, 0.15) is 35.3 Å². The average molecular weight is 586 g/mol. The number of nitrogens with zero attached hydrogens (tertiary/aromatic N) is 2. The molecule has 3 aromatic rings. The standard InChI is InChI=1S/C25H20Cl2F3N3O6/c1-3-37-21-7-5-15(11-22(21)38-4-2)24(34)32-31-13-14-9-17(26)23(18(27)10-14)39-20-8-6-16(25(28,29)30)12-19(20)33(35)36/h5-13H,3-4H2,1-2H3,(H,32,34)/b31-13+. The Hall–Kier alpha value is -4.03. The maximum Gasteiger partial charge on any atom is 0.416 e. The molecular formula is C25H20Cl2F3N3O6. The number of nitro benzene ring substituents is 1. The molecule has 0 atom stereocenters. The van der Waals surface area contributed by atoms with Crippen molar-refractivity contribution in [1.82, 2.24) is 5.43 Å². The second-order valence-corrected chi connectivity index (χ2v) is 8.39. The molecule has 0 bridgehead atoms. The van der Waals surface area contributed by atoms with Gasteiger partial charge in [-0.3, -0.25) is 14.9 Å². The van der Waals surface area contributed by atoms with Crippen molar-refractivity contribution in [3.05, 3.63) is 85.4 Å². The predicted octanol–water partition coefficient (Wildman–Crippen LogP) is 7.27. The molecular weight excluding hydrogens is 566 g/mol. The van der Waals surface area contributed by atoms with Crippen LogP contribution in [0.4, 0.5) is 18.9 Å². The number of hydrogen-bond donors (Lipinski definition) is 1. The number of rotatable bonds is 10. The Labute approximate surface area is 230 Å². The van der Waals surface area contributed by atoms with E-state index in [0.717, 1.165) is 6.07 Å². The Morgan fingerprint density at radius 1 is 1.00 bits per heavy atom. The molecule has 14 heteroatoms. The lowest BCUT2D eigenvalue weighted by molar-refractivity contribution is -0.385. The van der Waals surface area contributed by atoms with E-state index in [1.165, 1.54) is 24.4 Å². The summed E-state index contributed by atoms with van der Waals surface area (Å²) in [5.41, 5.74) is 0.791. The van der Waals surface area contributed by atoms with Crippen LogP contribution in [0.15, 0.2) is 53.6 Å². The number of carbonyl (C=O) groups is 1. The number of ether oxygens (including phenoxy) is 3. The first kappa shape index (κ1) is 29.5. The Morgan fingerprint density at radius 3 is 2.21 bits per heavy atom. The number of amides is 1. The highest BCUT2D eigenvalue weighted by Crippen LogP contribution is 2.42. The van der Waals surface area contributed by atoms with E-state index < -0.39 is 34.0 Å². The number of nitrogens with one attached hydrogen (secondary N) is 1. The third kappa shape index (κ3) is 7.52. The number of alkyl halides is 3. The molecule has 9 nitrogen and oxygen atoms in total. The van der Waals surface area contributed by atoms with Gasteiger partial charge >= 0.3 is 11.9 Å². The molecule has 0 spiro atoms. The van der Waals surface area contributed by atoms with Crippen molar-refractivity contribution in [2.45, 2.75) is 20.0 Å². The molecule has 0 saturated carbocycles. The lowest BCUT2D eigenvalue weighted by Gasteiger charge is -2.12. The fraction of sp³-hybridized carbons (Fsp3) is 0.200. The zero-order valence-electron chi connectivity index (χ0n) is 20.3. The molecule has 0 saturated heterocycles. The summed E-state index contributed by atoms with van der Waals surface area (Å²) in [5.74, 6) is -0.361. The van der Waals surface area contributed by atoms with Gasteiger partial charge in [-0.2, -0.15) is 18.3 Å². The third-order valence-electron chi connectivity index (χ3n) is 4.90. The van der Waals surface area contributed by atoms with E-state index in [0.29, 0.717) is 42.4 Å². The van der Waals surface area contributed by atoms with E-state index in [1.807, 2.05) is 6.92 Å². The van der Waals surface area contributed by atoms with Crippen molar-refractivity contribution in [3.63, 3.8) is 0 Å². The van der Waals surface area contributed by atoms with Crippen molar-refractivity contribution >= 4 is 41.0 Å². The molecule has 3 aromatic carbocycles. The van der Waals surface area contributed by atoms with Gasteiger partial charge in [0.2, 0.25) is 5.75 Å². The average Bonchev–Trinajstić information content (AvgIpc) is 2.86. The monoisotopic (exact) mass is 585 g/mol. The van der Waals surface area contributed by atoms with Gasteiger partial charge in [0.05, 0.1) is 40.0 Å². The second kappa shape index (κ2) is 12.7. The summed E-state index contributed by atoms with van der Waals surface area (Å²) in [6.07, 6.45) is -3.55. The minimum absolute atomic E-state index is 0.114. The van der Waals surface area contributed by atoms with Gasteiger partial charge < -0.3 is 14.2 Å². The first-order valence-electron chi connectivity index (χ1n) is 11.2. The quantitative estimate of drug-likeness (QED) is 0.152. The predicted molar refractivity (Wildman–Crippen MR) is 138 cm³/mol. The van der Waals surface area contributed by atoms with Crippen molar-refractivity contribution in [1.29, 1.82) is 0 Å². The number of nitro groups is 1. The zero-order valence-corrected chi connectivity index (χ0v) is 21.9. The normalized spacial score (nSPS) is 11.4. The summed E-state index contributed by atoms with van der Waals surface area (Å²) in [6, 6.07) is 9.11. The lowest BCUT2D eigenvalue weighted by atomic mass is 10.2. The maximum atomic E-state index is 12.9. The second-order valence-electron chi connectivity index (χ2n) is 7.58. The molecule has 206 valence electrons. The highest BCUT2D eigenvalue weighted by molar-refractivity contribution is 6.37. The molecule has 1 amide bonds. The summed E-state index contributed by atoms with van der Waals surface area (Å²) >= 11 is 12.4. The van der Waals surface area contributed by atoms with Gasteiger partial charge in [-0.05, 0) is 61.9 Å². The van der Waals surface area contributed by atoms with Crippen molar-refractivity contribution < 1.29 is 37.1 Å². The lowest BCUT2D eigenvalue weighted by Crippen LogP contribution is -2.17. The minimum Gasteiger partial charge on any atom is -0.490 e. The molecule has 0 radical (unpaired) electrons. The molecule has 1 N–H and O–H groups in total. The summed E-state index contributed by atoms with van der Waals surface area (Å²) in [6.45, 7) is 4.41. The summed E-state index contributed by atoms with van der Waals surface area (Å²) in [7, 11) is 0. The van der Waals surface area contributed by atoms with E-state index >= 15 is 0 Å². The van der Waals surface area contributed by atoms with Crippen LogP contribution in [0.5, 0.6) is 23.0 Å². The van der Waals surface area contributed by atoms with Gasteiger partial charge in [0, 0.05) is 11.6 Å². The Bertz CT molecular complexity index is 1390. The number of carbonyl (C=O) groups excluding carboxylic acids is 1. The number of halogens is 5. The molecule has 3 rings (SSSR count). The smallest absolute Gasteiger partial charge is 0.416 e. The molecule has 0 fully saturated rings. The van der Waals surface area contributed by atoms with Gasteiger partial charge in [0.1, 0.15) is 0 Å². The highest BCUT2D eigenvalue weighted by atomic mass is 35.5. The van der Waals surface area contributed by atoms with Gasteiger partial charge in [0.15, 0.2) is 17.2 Å². The van der Waals surface area contributed by atoms with Gasteiger partial charge in [0.25, 0.3) is 5.91 Å². The Kier molecular flexibility index (Phi) is 9.60. The van der Waals surface area contributed by atoms with Crippen LogP contribution in [0.2, 0.25) is 10.0 Å². The molecule has 0 heterocycles. The molecule has 0 aliphatic rings. The number of hydrazone groups is 1. The van der Waals surface area contributed by atoms with Crippen molar-refractivity contribution in [2.75, 3.05) is 13.2 Å². The largest absolute Gasteiger partial charge is 0.490 e. The van der Waals surface area contributed by atoms with Crippen molar-refractivity contribution in [2.24, 2.45) is 5.10 Å². The summed E-state index contributed by atoms with van der Waals surface area (Å²) in [4.78, 5) is 22.8. The van der Waals surface area contributed by atoms with Crippen LogP contribution in [0, 0.1) is 10.1 Å². The van der Waals surface area contributed by atoms with E-state index in [9.17, 15) is 28.1 Å². The SMILES string of the molecule is CCOc1ccc(C(=O)N/N=C/c2cc(Cl)c(Oc3ccc(C(F)(F)F)cc3[N+](=O)[O-])c(Cl)c2)cc1OCC. The van der Waals surface area contributed by atoms with Gasteiger partial charge in [-0.1, -0.05) is 23.2 Å². The van der Waals surface area contributed by atoms with E-state index in [1.54, 1.807) is 19.1 Å². The number of hydrogen-bond acceptors (Lipinski definition) is 7. The van der Waals surface area contributed by atoms with Crippen LogP contribution in [-0.2, 0) is 6.18 Å². The molecule has 0 unspecified atom stereocenters. The van der Waals surface area contributed by atoms with Crippen LogP contribution in [-0.4, -0.2) is 30.3 Å².